The zero-order valence-electron chi connectivity index (χ0n) is 19.1. The number of aliphatic imine (C=N–C) groups is 1. The summed E-state index contributed by atoms with van der Waals surface area (Å²) in [5, 5.41) is 6.19. The lowest BCUT2D eigenvalue weighted by atomic mass is 9.94. The van der Waals surface area contributed by atoms with E-state index in [-0.39, 0.29) is 11.9 Å². The SMILES string of the molecule is CC1(C)C2=C(CN1C(=O)Nc1c(Cl)cccc1Cl)C(NC(=O)C(C)(C)[Si](C)(C)C)=NC2. The van der Waals surface area contributed by atoms with Gasteiger partial charge in [-0.1, -0.05) is 62.8 Å². The molecule has 0 aromatic heterocycles. The standard InChI is InChI=1S/C22H30Cl2N4O2Si/c1-21(2)14-11-25-18(27-19(29)22(3,4)31(5,6)7)13(14)12-28(21)20(30)26-17-15(23)9-8-10-16(17)24/h8-10H,11-12H2,1-7H3,(H,26,30)(H,25,27,29). The third-order valence-corrected chi connectivity index (χ3v) is 11.5. The Morgan fingerprint density at radius 1 is 1.13 bits per heavy atom. The summed E-state index contributed by atoms with van der Waals surface area (Å²) in [5.74, 6) is 0.549. The molecule has 1 aromatic carbocycles. The molecule has 0 aliphatic carbocycles. The molecule has 31 heavy (non-hydrogen) atoms. The number of carbonyl (C=O) groups excluding carboxylic acids is 2. The Balaban J connectivity index is 1.79. The van der Waals surface area contributed by atoms with Crippen LogP contribution in [0.15, 0.2) is 34.3 Å². The minimum Gasteiger partial charge on any atom is -0.311 e. The molecule has 0 spiro atoms. The molecule has 0 saturated carbocycles. The molecule has 0 bridgehead atoms. The fourth-order valence-electron chi connectivity index (χ4n) is 3.58. The van der Waals surface area contributed by atoms with Crippen LogP contribution in [0.3, 0.4) is 0 Å². The van der Waals surface area contributed by atoms with Gasteiger partial charge in [0.15, 0.2) is 0 Å². The minimum atomic E-state index is -1.75. The molecule has 3 rings (SSSR count). The summed E-state index contributed by atoms with van der Waals surface area (Å²) in [6, 6.07) is 4.78. The van der Waals surface area contributed by atoms with Crippen molar-refractivity contribution in [3.63, 3.8) is 0 Å². The zero-order valence-corrected chi connectivity index (χ0v) is 21.6. The van der Waals surface area contributed by atoms with Crippen molar-refractivity contribution in [1.82, 2.24) is 10.2 Å². The van der Waals surface area contributed by atoms with Gasteiger partial charge in [-0.3, -0.25) is 9.79 Å². The highest BCUT2D eigenvalue weighted by Gasteiger charge is 2.47. The van der Waals surface area contributed by atoms with Gasteiger partial charge in [0.05, 0.1) is 42.4 Å². The molecule has 0 unspecified atom stereocenters. The Morgan fingerprint density at radius 2 is 1.71 bits per heavy atom. The van der Waals surface area contributed by atoms with Crippen molar-refractivity contribution >= 4 is 54.7 Å². The number of urea groups is 1. The van der Waals surface area contributed by atoms with Crippen LogP contribution in [0.4, 0.5) is 10.5 Å². The number of hydrogen-bond donors (Lipinski definition) is 2. The number of anilines is 1. The Morgan fingerprint density at radius 3 is 2.26 bits per heavy atom. The monoisotopic (exact) mass is 480 g/mol. The van der Waals surface area contributed by atoms with Gasteiger partial charge in [0.1, 0.15) is 5.84 Å². The molecule has 1 aromatic rings. The molecule has 168 valence electrons. The first-order valence-corrected chi connectivity index (χ1v) is 14.5. The van der Waals surface area contributed by atoms with E-state index in [1.54, 1.807) is 23.1 Å². The van der Waals surface area contributed by atoms with Crippen LogP contribution < -0.4 is 10.6 Å². The molecule has 6 nitrogen and oxygen atoms in total. The molecule has 0 radical (unpaired) electrons. The molecule has 3 amide bonds. The van der Waals surface area contributed by atoms with Gasteiger partial charge in [-0.2, -0.15) is 0 Å². The van der Waals surface area contributed by atoms with Crippen molar-refractivity contribution in [3.05, 3.63) is 39.4 Å². The van der Waals surface area contributed by atoms with Gasteiger partial charge in [-0.15, -0.1) is 0 Å². The summed E-state index contributed by atoms with van der Waals surface area (Å²) in [6.45, 7) is 15.3. The molecular weight excluding hydrogens is 451 g/mol. The van der Waals surface area contributed by atoms with Crippen LogP contribution in [0, 0.1) is 0 Å². The number of rotatable bonds is 3. The number of nitrogens with one attached hydrogen (secondary N) is 2. The maximum absolute atomic E-state index is 13.1. The fraction of sp³-hybridized carbons (Fsp3) is 0.500. The molecule has 0 atom stereocenters. The number of amidine groups is 1. The van der Waals surface area contributed by atoms with Crippen molar-refractivity contribution < 1.29 is 9.59 Å². The van der Waals surface area contributed by atoms with E-state index in [1.807, 2.05) is 27.7 Å². The summed E-state index contributed by atoms with van der Waals surface area (Å²) in [6.07, 6.45) is 0. The molecule has 2 aliphatic heterocycles. The summed E-state index contributed by atoms with van der Waals surface area (Å²) >= 11 is 12.4. The van der Waals surface area contributed by atoms with Gasteiger partial charge in [0.25, 0.3) is 0 Å². The predicted molar refractivity (Wildman–Crippen MR) is 131 cm³/mol. The molecule has 0 fully saturated rings. The molecule has 2 aliphatic rings. The van der Waals surface area contributed by atoms with Crippen LogP contribution in [-0.4, -0.2) is 49.4 Å². The summed E-state index contributed by atoms with van der Waals surface area (Å²) in [4.78, 5) is 32.5. The quantitative estimate of drug-likeness (QED) is 0.555. The van der Waals surface area contributed by atoms with Crippen LogP contribution in [0.25, 0.3) is 0 Å². The zero-order chi connectivity index (χ0) is 23.4. The first kappa shape index (κ1) is 23.8. The van der Waals surface area contributed by atoms with E-state index in [9.17, 15) is 9.59 Å². The summed E-state index contributed by atoms with van der Waals surface area (Å²) < 4.78 is 0. The van der Waals surface area contributed by atoms with E-state index in [0.717, 1.165) is 11.1 Å². The summed E-state index contributed by atoms with van der Waals surface area (Å²) in [7, 11) is -1.75. The fourth-order valence-corrected chi connectivity index (χ4v) is 4.82. The van der Waals surface area contributed by atoms with E-state index in [2.05, 4.69) is 35.3 Å². The Bertz CT molecular complexity index is 989. The lowest BCUT2D eigenvalue weighted by molar-refractivity contribution is -0.122. The molecule has 2 N–H and O–H groups in total. The number of nitrogens with zero attached hydrogens (tertiary/aromatic N) is 2. The highest BCUT2D eigenvalue weighted by molar-refractivity contribution is 6.82. The van der Waals surface area contributed by atoms with Crippen LogP contribution in [0.2, 0.25) is 34.7 Å². The van der Waals surface area contributed by atoms with Gasteiger partial charge < -0.3 is 15.5 Å². The van der Waals surface area contributed by atoms with Crippen molar-refractivity contribution in [2.45, 2.75) is 57.9 Å². The van der Waals surface area contributed by atoms with E-state index < -0.39 is 18.7 Å². The number of hydrogen-bond acceptors (Lipinski definition) is 3. The summed E-state index contributed by atoms with van der Waals surface area (Å²) in [5.41, 5.74) is 1.77. The maximum atomic E-state index is 13.1. The average Bonchev–Trinajstić information content (AvgIpc) is 3.15. The molecule has 2 heterocycles. The Labute approximate surface area is 195 Å². The van der Waals surface area contributed by atoms with E-state index >= 15 is 0 Å². The van der Waals surface area contributed by atoms with E-state index in [1.165, 1.54) is 0 Å². The number of benzene rings is 1. The first-order valence-electron chi connectivity index (χ1n) is 10.3. The smallest absolute Gasteiger partial charge is 0.311 e. The van der Waals surface area contributed by atoms with Gasteiger partial charge in [0.2, 0.25) is 5.91 Å². The van der Waals surface area contributed by atoms with Crippen molar-refractivity contribution in [2.75, 3.05) is 18.4 Å². The maximum Gasteiger partial charge on any atom is 0.322 e. The van der Waals surface area contributed by atoms with Crippen LogP contribution in [0.5, 0.6) is 0 Å². The normalized spacial score (nSPS) is 18.1. The van der Waals surface area contributed by atoms with Gasteiger partial charge in [-0.25, -0.2) is 4.79 Å². The van der Waals surface area contributed by atoms with Gasteiger partial charge in [-0.05, 0) is 31.6 Å². The van der Waals surface area contributed by atoms with Gasteiger partial charge in [0, 0.05) is 10.6 Å². The highest BCUT2D eigenvalue weighted by Crippen LogP contribution is 2.40. The van der Waals surface area contributed by atoms with Crippen LogP contribution >= 0.6 is 23.2 Å². The molecule has 0 saturated heterocycles. The van der Waals surface area contributed by atoms with E-state index in [0.29, 0.717) is 34.7 Å². The largest absolute Gasteiger partial charge is 0.322 e. The van der Waals surface area contributed by atoms with Crippen molar-refractivity contribution in [2.24, 2.45) is 4.99 Å². The molecular formula is C22H30Cl2N4O2Si. The van der Waals surface area contributed by atoms with Gasteiger partial charge >= 0.3 is 6.03 Å². The Hall–Kier alpha value is -1.83. The predicted octanol–water partition coefficient (Wildman–Crippen LogP) is 5.56. The second kappa shape index (κ2) is 7.94. The lowest BCUT2D eigenvalue weighted by Crippen LogP contribution is -2.49. The van der Waals surface area contributed by atoms with Crippen LogP contribution in [0.1, 0.15) is 27.7 Å². The third kappa shape index (κ3) is 4.15. The average molecular weight is 482 g/mol. The Kier molecular flexibility index (Phi) is 6.10. The van der Waals surface area contributed by atoms with Crippen molar-refractivity contribution in [3.8, 4) is 0 Å². The molecule has 9 heteroatoms. The van der Waals surface area contributed by atoms with Crippen LogP contribution in [-0.2, 0) is 4.79 Å². The third-order valence-electron chi connectivity index (χ3n) is 6.89. The number of amides is 3. The number of para-hydroxylation sites is 1. The van der Waals surface area contributed by atoms with Crippen molar-refractivity contribution in [1.29, 1.82) is 0 Å². The number of halogens is 2. The minimum absolute atomic E-state index is 0.0253. The lowest BCUT2D eigenvalue weighted by Gasteiger charge is -2.36. The van der Waals surface area contributed by atoms with E-state index in [4.69, 9.17) is 23.2 Å². The number of carbonyl (C=O) groups is 2. The first-order chi connectivity index (χ1) is 14.2. The topological polar surface area (TPSA) is 73.8 Å². The second-order valence-corrected chi connectivity index (χ2v) is 16.7. The highest BCUT2D eigenvalue weighted by atomic mass is 35.5. The second-order valence-electron chi connectivity index (χ2n) is 10.1.